The summed E-state index contributed by atoms with van der Waals surface area (Å²) in [5.41, 5.74) is 2.53. The Hall–Kier alpha value is -1.90. The van der Waals surface area contributed by atoms with Crippen molar-refractivity contribution in [3.05, 3.63) is 48.4 Å². The van der Waals surface area contributed by atoms with Crippen molar-refractivity contribution < 1.29 is 4.42 Å². The molecule has 0 amide bonds. The first-order valence-corrected chi connectivity index (χ1v) is 8.02. The molecule has 0 spiro atoms. The average molecular weight is 284 g/mol. The van der Waals surface area contributed by atoms with Crippen molar-refractivity contribution in [2.24, 2.45) is 0 Å². The molecule has 1 N–H and O–H groups in total. The van der Waals surface area contributed by atoms with Crippen molar-refractivity contribution in [2.45, 2.75) is 38.6 Å². The Bertz CT molecular complexity index is 544. The molecular formula is C18H24N2O. The first kappa shape index (κ1) is 14.1. The van der Waals surface area contributed by atoms with Crippen LogP contribution in [0.5, 0.6) is 0 Å². The number of para-hydroxylation sites is 2. The average Bonchev–Trinajstić information content (AvgIpc) is 3.08. The molecule has 1 saturated heterocycles. The summed E-state index contributed by atoms with van der Waals surface area (Å²) < 4.78 is 5.57. The quantitative estimate of drug-likeness (QED) is 0.852. The smallest absolute Gasteiger partial charge is 0.125 e. The molecule has 0 radical (unpaired) electrons. The molecule has 1 fully saturated rings. The van der Waals surface area contributed by atoms with E-state index in [2.05, 4.69) is 41.4 Å². The van der Waals surface area contributed by atoms with Gasteiger partial charge in [-0.3, -0.25) is 0 Å². The molecule has 1 aliphatic heterocycles. The molecule has 3 nitrogen and oxygen atoms in total. The van der Waals surface area contributed by atoms with Crippen LogP contribution in [0.15, 0.2) is 47.1 Å². The zero-order valence-electron chi connectivity index (χ0n) is 12.7. The van der Waals surface area contributed by atoms with Crippen LogP contribution in [-0.4, -0.2) is 13.1 Å². The molecule has 3 heteroatoms. The Morgan fingerprint density at radius 3 is 2.62 bits per heavy atom. The van der Waals surface area contributed by atoms with Crippen LogP contribution >= 0.6 is 0 Å². The lowest BCUT2D eigenvalue weighted by atomic mass is 10.1. The van der Waals surface area contributed by atoms with Gasteiger partial charge in [0.1, 0.15) is 5.76 Å². The Morgan fingerprint density at radius 1 is 1.10 bits per heavy atom. The van der Waals surface area contributed by atoms with Crippen LogP contribution in [0.25, 0.3) is 0 Å². The van der Waals surface area contributed by atoms with Gasteiger partial charge in [-0.25, -0.2) is 0 Å². The topological polar surface area (TPSA) is 28.4 Å². The molecule has 1 aliphatic rings. The third-order valence-electron chi connectivity index (χ3n) is 4.23. The first-order chi connectivity index (χ1) is 10.4. The van der Waals surface area contributed by atoms with Gasteiger partial charge >= 0.3 is 0 Å². The Kier molecular flexibility index (Phi) is 4.49. The predicted octanol–water partition coefficient (Wildman–Crippen LogP) is 4.83. The van der Waals surface area contributed by atoms with Gasteiger partial charge in [-0.15, -0.1) is 0 Å². The first-order valence-electron chi connectivity index (χ1n) is 8.02. The second kappa shape index (κ2) is 6.70. The molecule has 0 saturated carbocycles. The number of rotatable bonds is 5. The fourth-order valence-electron chi connectivity index (χ4n) is 3.06. The van der Waals surface area contributed by atoms with E-state index in [1.807, 2.05) is 12.1 Å². The van der Waals surface area contributed by atoms with Crippen molar-refractivity contribution in [1.82, 2.24) is 0 Å². The zero-order chi connectivity index (χ0) is 14.5. The number of benzene rings is 1. The van der Waals surface area contributed by atoms with Gasteiger partial charge < -0.3 is 14.6 Å². The minimum Gasteiger partial charge on any atom is -0.467 e. The minimum atomic E-state index is 0.228. The number of nitrogens with one attached hydrogen (secondary N) is 1. The standard InChI is InChI=1S/C18H24N2O/c1-2-15(18-11-8-14-21-18)19-16-9-4-5-10-17(16)20-12-6-3-7-13-20/h4-5,8-11,14-15,19H,2-3,6-7,12-13H2,1H3. The lowest BCUT2D eigenvalue weighted by Gasteiger charge is -2.31. The Labute approximate surface area is 127 Å². The second-order valence-electron chi connectivity index (χ2n) is 5.69. The molecule has 1 unspecified atom stereocenters. The molecule has 21 heavy (non-hydrogen) atoms. The molecule has 112 valence electrons. The van der Waals surface area contributed by atoms with Gasteiger partial charge in [0.05, 0.1) is 23.7 Å². The van der Waals surface area contributed by atoms with E-state index in [1.165, 1.54) is 30.6 Å². The van der Waals surface area contributed by atoms with Gasteiger partial charge in [-0.2, -0.15) is 0 Å². The summed E-state index contributed by atoms with van der Waals surface area (Å²) in [6, 6.07) is 12.9. The Morgan fingerprint density at radius 2 is 1.90 bits per heavy atom. The molecule has 0 bridgehead atoms. The van der Waals surface area contributed by atoms with E-state index in [1.54, 1.807) is 6.26 Å². The normalized spacial score (nSPS) is 16.7. The molecule has 0 aliphatic carbocycles. The van der Waals surface area contributed by atoms with Gasteiger partial charge in [0.2, 0.25) is 0 Å². The van der Waals surface area contributed by atoms with Crippen molar-refractivity contribution >= 4 is 11.4 Å². The Balaban J connectivity index is 1.81. The summed E-state index contributed by atoms with van der Waals surface area (Å²) in [5, 5.41) is 3.66. The number of hydrogen-bond donors (Lipinski definition) is 1. The van der Waals surface area contributed by atoms with Crippen molar-refractivity contribution in [3.63, 3.8) is 0 Å². The fourth-order valence-corrected chi connectivity index (χ4v) is 3.06. The maximum Gasteiger partial charge on any atom is 0.125 e. The van der Waals surface area contributed by atoms with E-state index in [0.29, 0.717) is 0 Å². The molecule has 2 aromatic rings. The maximum atomic E-state index is 5.57. The van der Waals surface area contributed by atoms with Crippen LogP contribution in [-0.2, 0) is 0 Å². The lowest BCUT2D eigenvalue weighted by molar-refractivity contribution is 0.474. The molecule has 2 heterocycles. The van der Waals surface area contributed by atoms with E-state index in [4.69, 9.17) is 4.42 Å². The molecule has 1 aromatic carbocycles. The van der Waals surface area contributed by atoms with Gasteiger partial charge in [0.25, 0.3) is 0 Å². The minimum absolute atomic E-state index is 0.228. The van der Waals surface area contributed by atoms with E-state index < -0.39 is 0 Å². The molecule has 3 rings (SSSR count). The van der Waals surface area contributed by atoms with Crippen LogP contribution in [0.1, 0.15) is 44.4 Å². The maximum absolute atomic E-state index is 5.57. The summed E-state index contributed by atoms with van der Waals surface area (Å²) in [5.74, 6) is 1.01. The van der Waals surface area contributed by atoms with Crippen molar-refractivity contribution in [1.29, 1.82) is 0 Å². The summed E-state index contributed by atoms with van der Waals surface area (Å²) >= 11 is 0. The van der Waals surface area contributed by atoms with Crippen molar-refractivity contribution in [2.75, 3.05) is 23.3 Å². The van der Waals surface area contributed by atoms with Crippen LogP contribution in [0.2, 0.25) is 0 Å². The number of anilines is 2. The van der Waals surface area contributed by atoms with E-state index in [0.717, 1.165) is 25.3 Å². The van der Waals surface area contributed by atoms with Crippen LogP contribution in [0.4, 0.5) is 11.4 Å². The third-order valence-corrected chi connectivity index (χ3v) is 4.23. The van der Waals surface area contributed by atoms with E-state index in [-0.39, 0.29) is 6.04 Å². The lowest BCUT2D eigenvalue weighted by Crippen LogP contribution is -2.30. The van der Waals surface area contributed by atoms with Crippen LogP contribution < -0.4 is 10.2 Å². The summed E-state index contributed by atoms with van der Waals surface area (Å²) in [4.78, 5) is 2.50. The molecule has 1 atom stereocenters. The van der Waals surface area contributed by atoms with Gasteiger partial charge in [0.15, 0.2) is 0 Å². The number of furan rings is 1. The van der Waals surface area contributed by atoms with E-state index >= 15 is 0 Å². The highest BCUT2D eigenvalue weighted by molar-refractivity contribution is 5.70. The van der Waals surface area contributed by atoms with Crippen molar-refractivity contribution in [3.8, 4) is 0 Å². The van der Waals surface area contributed by atoms with Gasteiger partial charge in [0, 0.05) is 13.1 Å². The largest absolute Gasteiger partial charge is 0.467 e. The number of nitrogens with zero attached hydrogens (tertiary/aromatic N) is 1. The second-order valence-corrected chi connectivity index (χ2v) is 5.69. The summed E-state index contributed by atoms with van der Waals surface area (Å²) in [7, 11) is 0. The molecular weight excluding hydrogens is 260 g/mol. The predicted molar refractivity (Wildman–Crippen MR) is 87.9 cm³/mol. The zero-order valence-corrected chi connectivity index (χ0v) is 12.7. The van der Waals surface area contributed by atoms with Gasteiger partial charge in [-0.05, 0) is 49.9 Å². The number of piperidine rings is 1. The van der Waals surface area contributed by atoms with Crippen LogP contribution in [0, 0.1) is 0 Å². The molecule has 1 aromatic heterocycles. The van der Waals surface area contributed by atoms with E-state index in [9.17, 15) is 0 Å². The number of hydrogen-bond acceptors (Lipinski definition) is 3. The summed E-state index contributed by atoms with van der Waals surface area (Å²) in [6.07, 6.45) is 6.70. The highest BCUT2D eigenvalue weighted by Gasteiger charge is 2.17. The van der Waals surface area contributed by atoms with Crippen LogP contribution in [0.3, 0.4) is 0 Å². The monoisotopic (exact) mass is 284 g/mol. The van der Waals surface area contributed by atoms with Gasteiger partial charge in [-0.1, -0.05) is 19.1 Å². The fraction of sp³-hybridized carbons (Fsp3) is 0.444. The SMILES string of the molecule is CCC(Nc1ccccc1N1CCCCC1)c1ccco1. The highest BCUT2D eigenvalue weighted by Crippen LogP contribution is 2.32. The highest BCUT2D eigenvalue weighted by atomic mass is 16.3. The summed E-state index contributed by atoms with van der Waals surface area (Å²) in [6.45, 7) is 4.51. The third kappa shape index (κ3) is 3.23.